The number of pyridine rings is 1. The zero-order chi connectivity index (χ0) is 10.6. The molecular weight excluding hydrogens is 188 g/mol. The largest absolute Gasteiger partial charge is 0.505 e. The lowest BCUT2D eigenvalue weighted by molar-refractivity contribution is 0.254. The molecule has 6 nitrogen and oxygen atoms in total. The van der Waals surface area contributed by atoms with Crippen LogP contribution in [0.1, 0.15) is 16.8 Å². The molecule has 0 aromatic carbocycles. The van der Waals surface area contributed by atoms with Crippen molar-refractivity contribution in [1.82, 2.24) is 4.98 Å². The maximum atomic E-state index is 9.50. The molecule has 14 heavy (non-hydrogen) atoms. The highest BCUT2D eigenvalue weighted by molar-refractivity contribution is 5.81. The molecule has 0 saturated heterocycles. The Labute approximate surface area is 79.8 Å². The lowest BCUT2D eigenvalue weighted by Crippen LogP contribution is -2.00. The predicted molar refractivity (Wildman–Crippen MR) is 47.1 cm³/mol. The third-order valence-electron chi connectivity index (χ3n) is 1.78. The Balaban J connectivity index is 3.27. The van der Waals surface area contributed by atoms with Gasteiger partial charge in [-0.3, -0.25) is 4.98 Å². The van der Waals surface area contributed by atoms with Crippen LogP contribution in [0.4, 0.5) is 0 Å². The molecule has 0 aliphatic carbocycles. The van der Waals surface area contributed by atoms with Crippen LogP contribution >= 0.6 is 0 Å². The molecule has 4 N–H and O–H groups in total. The second kappa shape index (κ2) is 4.54. The molecule has 0 radical (unpaired) electrons. The monoisotopic (exact) mass is 198 g/mol. The minimum Gasteiger partial charge on any atom is -0.505 e. The molecule has 0 aliphatic rings. The van der Waals surface area contributed by atoms with Crippen molar-refractivity contribution in [2.24, 2.45) is 5.16 Å². The summed E-state index contributed by atoms with van der Waals surface area (Å²) >= 11 is 0. The van der Waals surface area contributed by atoms with Crippen molar-refractivity contribution < 1.29 is 20.5 Å². The summed E-state index contributed by atoms with van der Waals surface area (Å²) in [6.45, 7) is -0.747. The first kappa shape index (κ1) is 10.4. The molecule has 0 unspecified atom stereocenters. The van der Waals surface area contributed by atoms with Gasteiger partial charge in [0, 0.05) is 17.3 Å². The molecule has 6 heteroatoms. The molecule has 0 spiro atoms. The number of aliphatic hydroxyl groups excluding tert-OH is 2. The fourth-order valence-corrected chi connectivity index (χ4v) is 1.06. The topological polar surface area (TPSA) is 106 Å². The second-order valence-corrected chi connectivity index (χ2v) is 2.56. The molecule has 76 valence electrons. The minimum absolute atomic E-state index is 0.0359. The van der Waals surface area contributed by atoms with Crippen LogP contribution in [0.15, 0.2) is 11.4 Å². The van der Waals surface area contributed by atoms with Crippen LogP contribution < -0.4 is 0 Å². The van der Waals surface area contributed by atoms with Gasteiger partial charge in [0.2, 0.25) is 0 Å². The van der Waals surface area contributed by atoms with E-state index in [0.29, 0.717) is 5.56 Å². The molecule has 0 atom stereocenters. The van der Waals surface area contributed by atoms with Crippen molar-refractivity contribution in [3.8, 4) is 5.75 Å². The fourth-order valence-electron chi connectivity index (χ4n) is 1.06. The van der Waals surface area contributed by atoms with Gasteiger partial charge in [0.25, 0.3) is 0 Å². The summed E-state index contributed by atoms with van der Waals surface area (Å²) < 4.78 is 0. The highest BCUT2D eigenvalue weighted by Gasteiger charge is 2.11. The lowest BCUT2D eigenvalue weighted by Gasteiger charge is -2.07. The van der Waals surface area contributed by atoms with E-state index >= 15 is 0 Å². The summed E-state index contributed by atoms with van der Waals surface area (Å²) in [4.78, 5) is 3.72. The molecule has 1 aromatic rings. The van der Waals surface area contributed by atoms with Gasteiger partial charge in [-0.2, -0.15) is 0 Å². The summed E-state index contributed by atoms with van der Waals surface area (Å²) in [5, 5.41) is 38.2. The highest BCUT2D eigenvalue weighted by atomic mass is 16.4. The van der Waals surface area contributed by atoms with Crippen molar-refractivity contribution in [1.29, 1.82) is 0 Å². The maximum Gasteiger partial charge on any atom is 0.148 e. The average Bonchev–Trinajstić information content (AvgIpc) is 2.21. The third kappa shape index (κ3) is 1.81. The zero-order valence-electron chi connectivity index (χ0n) is 7.25. The Kier molecular flexibility index (Phi) is 3.38. The molecular formula is C8H10N2O4. The first-order valence-electron chi connectivity index (χ1n) is 3.83. The van der Waals surface area contributed by atoms with Crippen molar-refractivity contribution in [2.75, 3.05) is 0 Å². The van der Waals surface area contributed by atoms with E-state index in [4.69, 9.17) is 15.4 Å². The van der Waals surface area contributed by atoms with Crippen molar-refractivity contribution >= 4 is 6.21 Å². The van der Waals surface area contributed by atoms with E-state index in [-0.39, 0.29) is 23.6 Å². The Morgan fingerprint density at radius 1 is 1.36 bits per heavy atom. The zero-order valence-corrected chi connectivity index (χ0v) is 7.25. The minimum atomic E-state index is -0.420. The van der Waals surface area contributed by atoms with E-state index in [0.717, 1.165) is 6.21 Å². The van der Waals surface area contributed by atoms with Gasteiger partial charge < -0.3 is 20.5 Å². The summed E-state index contributed by atoms with van der Waals surface area (Å²) in [6.07, 6.45) is 2.23. The summed E-state index contributed by atoms with van der Waals surface area (Å²) in [5.41, 5.74) is 0.547. The van der Waals surface area contributed by atoms with Crippen LogP contribution in [0.25, 0.3) is 0 Å². The number of hydrogen-bond acceptors (Lipinski definition) is 6. The van der Waals surface area contributed by atoms with Gasteiger partial charge in [-0.1, -0.05) is 5.16 Å². The first-order valence-corrected chi connectivity index (χ1v) is 3.83. The molecule has 0 bridgehead atoms. The van der Waals surface area contributed by atoms with Gasteiger partial charge in [0.15, 0.2) is 0 Å². The van der Waals surface area contributed by atoms with Gasteiger partial charge in [-0.25, -0.2) is 0 Å². The number of hydrogen-bond donors (Lipinski definition) is 4. The number of aromatic nitrogens is 1. The van der Waals surface area contributed by atoms with Gasteiger partial charge in [-0.05, 0) is 0 Å². The maximum absolute atomic E-state index is 9.50. The van der Waals surface area contributed by atoms with Crippen LogP contribution in [0.3, 0.4) is 0 Å². The van der Waals surface area contributed by atoms with Crippen LogP contribution in [0.2, 0.25) is 0 Å². The smallest absolute Gasteiger partial charge is 0.148 e. The van der Waals surface area contributed by atoms with Gasteiger partial charge in [-0.15, -0.1) is 0 Å². The van der Waals surface area contributed by atoms with Crippen molar-refractivity contribution in [3.63, 3.8) is 0 Å². The molecule has 0 amide bonds. The summed E-state index contributed by atoms with van der Waals surface area (Å²) in [6, 6.07) is 0. The van der Waals surface area contributed by atoms with Crippen LogP contribution in [0, 0.1) is 0 Å². The Bertz CT molecular complexity index is 351. The first-order chi connectivity index (χ1) is 6.74. The van der Waals surface area contributed by atoms with Gasteiger partial charge in [0.05, 0.1) is 19.4 Å². The molecule has 1 aromatic heterocycles. The lowest BCUT2D eigenvalue weighted by atomic mass is 10.1. The molecule has 0 aliphatic heterocycles. The Morgan fingerprint density at radius 2 is 2.07 bits per heavy atom. The van der Waals surface area contributed by atoms with E-state index in [1.165, 1.54) is 6.20 Å². The third-order valence-corrected chi connectivity index (χ3v) is 1.78. The molecule has 1 rings (SSSR count). The van der Waals surface area contributed by atoms with Crippen LogP contribution in [0.5, 0.6) is 5.75 Å². The highest BCUT2D eigenvalue weighted by Crippen LogP contribution is 2.23. The number of aromatic hydroxyl groups is 1. The van der Waals surface area contributed by atoms with E-state index in [1.807, 2.05) is 0 Å². The number of rotatable bonds is 3. The van der Waals surface area contributed by atoms with Gasteiger partial charge >= 0.3 is 0 Å². The van der Waals surface area contributed by atoms with E-state index in [2.05, 4.69) is 10.1 Å². The molecule has 0 saturated carbocycles. The SMILES string of the molecule is OCc1cnc(C=NO)c(O)c1CO. The van der Waals surface area contributed by atoms with E-state index in [1.54, 1.807) is 0 Å². The number of oxime groups is 1. The normalized spacial score (nSPS) is 11.0. The van der Waals surface area contributed by atoms with Crippen LogP contribution in [-0.2, 0) is 13.2 Å². The molecule has 0 fully saturated rings. The summed E-state index contributed by atoms with van der Waals surface area (Å²) in [5.74, 6) is -0.295. The van der Waals surface area contributed by atoms with Crippen LogP contribution in [-0.4, -0.2) is 31.7 Å². The van der Waals surface area contributed by atoms with E-state index < -0.39 is 6.61 Å². The fraction of sp³-hybridized carbons (Fsp3) is 0.250. The number of nitrogens with zero attached hydrogens (tertiary/aromatic N) is 2. The van der Waals surface area contributed by atoms with Crippen molar-refractivity contribution in [3.05, 3.63) is 23.0 Å². The predicted octanol–water partition coefficient (Wildman–Crippen LogP) is -0.420. The average molecular weight is 198 g/mol. The van der Waals surface area contributed by atoms with Crippen molar-refractivity contribution in [2.45, 2.75) is 13.2 Å². The second-order valence-electron chi connectivity index (χ2n) is 2.56. The quantitative estimate of drug-likeness (QED) is 0.300. The standard InChI is InChI=1S/C8H10N2O4/c11-3-5-1-9-7(2-10-14)8(13)6(5)4-12/h1-2,11-14H,3-4H2. The Hall–Kier alpha value is -1.66. The molecule has 1 heterocycles. The number of aliphatic hydroxyl groups is 2. The van der Waals surface area contributed by atoms with Gasteiger partial charge in [0.1, 0.15) is 11.4 Å². The Morgan fingerprint density at radius 3 is 2.57 bits per heavy atom. The van der Waals surface area contributed by atoms with E-state index in [9.17, 15) is 5.11 Å². The summed E-state index contributed by atoms with van der Waals surface area (Å²) in [7, 11) is 0.